The van der Waals surface area contributed by atoms with Crippen molar-refractivity contribution < 1.29 is 19.7 Å². The summed E-state index contributed by atoms with van der Waals surface area (Å²) in [6.45, 7) is 6.96. The number of hydrogen-bond acceptors (Lipinski definition) is 4. The minimum Gasteiger partial charge on any atom is -0.497 e. The van der Waals surface area contributed by atoms with Crippen LogP contribution < -0.4 is 4.74 Å². The average molecular weight is 428 g/mol. The molecule has 2 N–H and O–H groups in total. The molecule has 0 spiro atoms. The van der Waals surface area contributed by atoms with E-state index in [1.165, 1.54) is 24.8 Å². The van der Waals surface area contributed by atoms with Crippen LogP contribution >= 0.6 is 0 Å². The number of carboxylic acids is 1. The Labute approximate surface area is 186 Å². The number of likely N-dealkylation sites (tertiary alicyclic amines) is 1. The molecule has 1 aliphatic rings. The highest BCUT2D eigenvalue weighted by atomic mass is 16.5. The van der Waals surface area contributed by atoms with Gasteiger partial charge in [-0.3, -0.25) is 4.79 Å². The number of nitrogens with zero attached hydrogens (tertiary/aromatic N) is 1. The second-order valence-electron chi connectivity index (χ2n) is 8.25. The zero-order chi connectivity index (χ0) is 22.7. The van der Waals surface area contributed by atoms with Crippen LogP contribution in [0.1, 0.15) is 63.2 Å². The molecule has 170 valence electrons. The van der Waals surface area contributed by atoms with Crippen molar-refractivity contribution in [1.82, 2.24) is 4.90 Å². The Morgan fingerprint density at radius 1 is 1.16 bits per heavy atom. The van der Waals surface area contributed by atoms with Gasteiger partial charge in [-0.05, 0) is 49.1 Å². The van der Waals surface area contributed by atoms with E-state index in [2.05, 4.69) is 30.0 Å². The van der Waals surface area contributed by atoms with Gasteiger partial charge in [-0.15, -0.1) is 0 Å². The highest BCUT2D eigenvalue weighted by Gasteiger charge is 2.38. The smallest absolute Gasteiger partial charge is 0.303 e. The van der Waals surface area contributed by atoms with Gasteiger partial charge in [0.15, 0.2) is 0 Å². The van der Waals surface area contributed by atoms with E-state index in [1.807, 2.05) is 36.4 Å². The number of ether oxygens (including phenoxy) is 1. The number of aliphatic hydroxyl groups excluding tert-OH is 1. The summed E-state index contributed by atoms with van der Waals surface area (Å²) < 4.78 is 5.45. The van der Waals surface area contributed by atoms with Gasteiger partial charge in [0.25, 0.3) is 0 Å². The van der Waals surface area contributed by atoms with Crippen LogP contribution in [0.2, 0.25) is 0 Å². The number of carbonyl (C=O) groups is 1. The van der Waals surface area contributed by atoms with Crippen LogP contribution in [0.5, 0.6) is 5.75 Å². The molecule has 2 atom stereocenters. The standard InChI is InChI=1S/C23H31NO2.C3H6O2/c1-3-13-23(20-10-7-11-21(17-20)26-2)14-16-24(18-23)15-12-22(25)19-8-5-4-6-9-19;1-2-3(4)5/h4-11,17,22,25H,3,12-16,18H2,1-2H3;2H2,1H3,(H,4,5). The fraction of sp³-hybridized carbons (Fsp3) is 0.500. The van der Waals surface area contributed by atoms with Crippen LogP contribution in [0.4, 0.5) is 0 Å². The number of benzene rings is 2. The van der Waals surface area contributed by atoms with Crippen LogP contribution in [0, 0.1) is 0 Å². The minimum absolute atomic E-state index is 0.209. The molecule has 1 fully saturated rings. The summed E-state index contributed by atoms with van der Waals surface area (Å²) in [6, 6.07) is 18.6. The van der Waals surface area contributed by atoms with Gasteiger partial charge in [-0.2, -0.15) is 0 Å². The first-order valence-corrected chi connectivity index (χ1v) is 11.3. The van der Waals surface area contributed by atoms with Crippen molar-refractivity contribution in [2.45, 2.75) is 57.5 Å². The maximum atomic E-state index is 10.5. The van der Waals surface area contributed by atoms with Crippen molar-refractivity contribution in [1.29, 1.82) is 0 Å². The van der Waals surface area contributed by atoms with Gasteiger partial charge in [0.05, 0.1) is 13.2 Å². The molecule has 5 heteroatoms. The average Bonchev–Trinajstić information content (AvgIpc) is 3.23. The summed E-state index contributed by atoms with van der Waals surface area (Å²) in [4.78, 5) is 11.9. The molecule has 5 nitrogen and oxygen atoms in total. The summed E-state index contributed by atoms with van der Waals surface area (Å²) in [5, 5.41) is 18.2. The molecule has 2 aromatic carbocycles. The predicted molar refractivity (Wildman–Crippen MR) is 125 cm³/mol. The van der Waals surface area contributed by atoms with Crippen molar-refractivity contribution in [3.8, 4) is 5.75 Å². The molecule has 2 aromatic rings. The zero-order valence-electron chi connectivity index (χ0n) is 19.1. The fourth-order valence-electron chi connectivity index (χ4n) is 4.31. The van der Waals surface area contributed by atoms with Crippen LogP contribution in [0.25, 0.3) is 0 Å². The van der Waals surface area contributed by atoms with Gasteiger partial charge in [-0.25, -0.2) is 0 Å². The first kappa shape index (κ1) is 24.9. The second-order valence-corrected chi connectivity index (χ2v) is 8.25. The minimum atomic E-state index is -0.745. The largest absolute Gasteiger partial charge is 0.497 e. The van der Waals surface area contributed by atoms with E-state index in [4.69, 9.17) is 9.84 Å². The third kappa shape index (κ3) is 7.37. The molecule has 0 aromatic heterocycles. The SMILES string of the molecule is CCC(=O)O.CCCC1(c2cccc(OC)c2)CCN(CCC(O)c2ccccc2)C1. The quantitative estimate of drug-likeness (QED) is 0.586. The van der Waals surface area contributed by atoms with Gasteiger partial charge in [0.1, 0.15) is 5.75 Å². The first-order chi connectivity index (χ1) is 14.9. The van der Waals surface area contributed by atoms with Gasteiger partial charge >= 0.3 is 5.97 Å². The van der Waals surface area contributed by atoms with E-state index in [0.29, 0.717) is 0 Å². The molecular formula is C26H37NO4. The number of hydrogen-bond donors (Lipinski definition) is 2. The van der Waals surface area contributed by atoms with Crippen LogP contribution in [0.15, 0.2) is 54.6 Å². The number of methoxy groups -OCH3 is 1. The Kier molecular flexibility index (Phi) is 10.0. The molecule has 3 rings (SSSR count). The molecule has 1 heterocycles. The molecule has 1 aliphatic heterocycles. The highest BCUT2D eigenvalue weighted by Crippen LogP contribution is 2.40. The summed E-state index contributed by atoms with van der Waals surface area (Å²) in [5.74, 6) is 0.195. The molecule has 0 radical (unpaired) electrons. The van der Waals surface area contributed by atoms with E-state index < -0.39 is 5.97 Å². The predicted octanol–water partition coefficient (Wildman–Crippen LogP) is 5.04. The zero-order valence-corrected chi connectivity index (χ0v) is 19.1. The van der Waals surface area contributed by atoms with Crippen LogP contribution in [-0.2, 0) is 10.2 Å². The number of carboxylic acid groups (broad SMARTS) is 1. The Bertz CT molecular complexity index is 795. The van der Waals surface area contributed by atoms with Crippen molar-refractivity contribution in [3.63, 3.8) is 0 Å². The lowest BCUT2D eigenvalue weighted by molar-refractivity contribution is -0.136. The van der Waals surface area contributed by atoms with Crippen molar-refractivity contribution in [3.05, 3.63) is 65.7 Å². The van der Waals surface area contributed by atoms with Crippen molar-refractivity contribution in [2.24, 2.45) is 0 Å². The van der Waals surface area contributed by atoms with Crippen molar-refractivity contribution >= 4 is 5.97 Å². The van der Waals surface area contributed by atoms with Crippen LogP contribution in [0.3, 0.4) is 0 Å². The fourth-order valence-corrected chi connectivity index (χ4v) is 4.31. The summed E-state index contributed by atoms with van der Waals surface area (Å²) >= 11 is 0. The molecular weight excluding hydrogens is 390 g/mol. The van der Waals surface area contributed by atoms with E-state index in [-0.39, 0.29) is 17.9 Å². The van der Waals surface area contributed by atoms with E-state index in [0.717, 1.165) is 37.4 Å². The van der Waals surface area contributed by atoms with Gasteiger partial charge in [-0.1, -0.05) is 62.7 Å². The molecule has 31 heavy (non-hydrogen) atoms. The second kappa shape index (κ2) is 12.5. The maximum Gasteiger partial charge on any atom is 0.303 e. The first-order valence-electron chi connectivity index (χ1n) is 11.3. The third-order valence-corrected chi connectivity index (χ3v) is 6.05. The number of rotatable bonds is 9. The Morgan fingerprint density at radius 2 is 1.87 bits per heavy atom. The van der Waals surface area contributed by atoms with Gasteiger partial charge in [0, 0.05) is 24.9 Å². The van der Waals surface area contributed by atoms with E-state index in [9.17, 15) is 9.90 Å². The van der Waals surface area contributed by atoms with E-state index in [1.54, 1.807) is 14.0 Å². The lowest BCUT2D eigenvalue weighted by Crippen LogP contribution is -2.32. The maximum absolute atomic E-state index is 10.5. The Morgan fingerprint density at radius 3 is 2.48 bits per heavy atom. The number of aliphatic carboxylic acids is 1. The molecule has 2 unspecified atom stereocenters. The van der Waals surface area contributed by atoms with Crippen molar-refractivity contribution in [2.75, 3.05) is 26.7 Å². The summed E-state index contributed by atoms with van der Waals surface area (Å²) in [6.07, 6.45) is 4.17. The van der Waals surface area contributed by atoms with Crippen LogP contribution in [-0.4, -0.2) is 47.8 Å². The Hall–Kier alpha value is -2.37. The van der Waals surface area contributed by atoms with E-state index >= 15 is 0 Å². The molecule has 0 saturated carbocycles. The lowest BCUT2D eigenvalue weighted by Gasteiger charge is -2.30. The third-order valence-electron chi connectivity index (χ3n) is 6.05. The molecule has 0 amide bonds. The Balaban J connectivity index is 0.000000614. The van der Waals surface area contributed by atoms with Gasteiger partial charge in [0.2, 0.25) is 0 Å². The summed E-state index contributed by atoms with van der Waals surface area (Å²) in [7, 11) is 1.73. The number of aliphatic hydroxyl groups is 1. The lowest BCUT2D eigenvalue weighted by atomic mass is 9.76. The highest BCUT2D eigenvalue weighted by molar-refractivity contribution is 5.66. The molecule has 1 saturated heterocycles. The monoisotopic (exact) mass is 427 g/mol. The van der Waals surface area contributed by atoms with Gasteiger partial charge < -0.3 is 19.8 Å². The topological polar surface area (TPSA) is 70.0 Å². The molecule has 0 bridgehead atoms. The summed E-state index contributed by atoms with van der Waals surface area (Å²) in [5.41, 5.74) is 2.62. The molecule has 0 aliphatic carbocycles. The normalized spacial score (nSPS) is 19.4.